The molecule has 1 fully saturated rings. The van der Waals surface area contributed by atoms with Crippen LogP contribution in [0.15, 0.2) is 27.9 Å². The molecule has 0 bridgehead atoms. The molecule has 7 nitrogen and oxygen atoms in total. The van der Waals surface area contributed by atoms with Gasteiger partial charge in [0.15, 0.2) is 0 Å². The predicted molar refractivity (Wildman–Crippen MR) is 105 cm³/mol. The summed E-state index contributed by atoms with van der Waals surface area (Å²) in [5, 5.41) is 5.17. The molecule has 1 aliphatic rings. The van der Waals surface area contributed by atoms with E-state index in [-0.39, 0.29) is 12.1 Å². The fraction of sp³-hybridized carbons (Fsp3) is 0.529. The maximum absolute atomic E-state index is 12.3. The Hall–Kier alpha value is -1.71. The minimum absolute atomic E-state index is 0.0172. The molecule has 0 unspecified atom stereocenters. The zero-order valence-electron chi connectivity index (χ0n) is 15.3. The van der Waals surface area contributed by atoms with E-state index in [4.69, 9.17) is 0 Å². The lowest BCUT2D eigenvalue weighted by atomic mass is 9.92. The molecule has 0 aromatic carbocycles. The molecule has 0 atom stereocenters. The van der Waals surface area contributed by atoms with Crippen LogP contribution in [0, 0.1) is 6.92 Å². The maximum Gasteiger partial charge on any atom is 0.250 e. The van der Waals surface area contributed by atoms with Gasteiger partial charge in [0.2, 0.25) is 16.0 Å². The van der Waals surface area contributed by atoms with Crippen molar-refractivity contribution in [1.82, 2.24) is 14.7 Å². The van der Waals surface area contributed by atoms with E-state index in [2.05, 4.69) is 20.0 Å². The molecule has 0 saturated heterocycles. The van der Waals surface area contributed by atoms with E-state index in [0.29, 0.717) is 10.2 Å². The summed E-state index contributed by atoms with van der Waals surface area (Å²) in [4.78, 5) is 10.9. The van der Waals surface area contributed by atoms with E-state index in [1.807, 2.05) is 32.1 Å². The first-order chi connectivity index (χ1) is 12.3. The Morgan fingerprint density at radius 3 is 2.50 bits per heavy atom. The minimum atomic E-state index is -3.39. The lowest BCUT2D eigenvalue weighted by Gasteiger charge is -2.29. The molecule has 0 spiro atoms. The first-order valence-electron chi connectivity index (χ1n) is 8.68. The van der Waals surface area contributed by atoms with Crippen LogP contribution in [0.25, 0.3) is 0 Å². The number of aromatic nitrogens is 2. The number of hydrogen-bond acceptors (Lipinski definition) is 7. The summed E-state index contributed by atoms with van der Waals surface area (Å²) in [6.07, 6.45) is 5.19. The second-order valence-corrected chi connectivity index (χ2v) is 9.73. The van der Waals surface area contributed by atoms with Crippen LogP contribution in [0.5, 0.6) is 0 Å². The Balaban J connectivity index is 1.55. The number of anilines is 2. The van der Waals surface area contributed by atoms with Gasteiger partial charge in [-0.05, 0) is 44.1 Å². The Labute approximate surface area is 158 Å². The standard InChI is InChI=1S/C17H25N5O2S2/c1-12-11-18-17(20-16(12)22(2)3)19-13-6-8-14(9-7-13)21-26(23,24)15-5-4-10-25-15/h4-5,10-11,13-14,21H,6-9H2,1-3H3,(H,18,19,20). The van der Waals surface area contributed by atoms with Gasteiger partial charge in [0, 0.05) is 37.9 Å². The van der Waals surface area contributed by atoms with E-state index >= 15 is 0 Å². The molecule has 26 heavy (non-hydrogen) atoms. The molecule has 0 amide bonds. The summed E-state index contributed by atoms with van der Waals surface area (Å²) in [5.41, 5.74) is 1.03. The van der Waals surface area contributed by atoms with Gasteiger partial charge < -0.3 is 10.2 Å². The van der Waals surface area contributed by atoms with Crippen LogP contribution in [-0.4, -0.2) is 44.6 Å². The van der Waals surface area contributed by atoms with Crippen molar-refractivity contribution in [1.29, 1.82) is 0 Å². The monoisotopic (exact) mass is 395 g/mol. The average molecular weight is 396 g/mol. The van der Waals surface area contributed by atoms with Crippen LogP contribution in [0.4, 0.5) is 11.8 Å². The van der Waals surface area contributed by atoms with Gasteiger partial charge in [0.1, 0.15) is 10.0 Å². The number of sulfonamides is 1. The largest absolute Gasteiger partial charge is 0.362 e. The summed E-state index contributed by atoms with van der Waals surface area (Å²) in [6.45, 7) is 1.99. The smallest absolute Gasteiger partial charge is 0.250 e. The molecule has 2 aromatic heterocycles. The first kappa shape index (κ1) is 19.1. The number of hydrogen-bond donors (Lipinski definition) is 2. The van der Waals surface area contributed by atoms with E-state index in [0.717, 1.165) is 37.1 Å². The first-order valence-corrected chi connectivity index (χ1v) is 11.0. The molecule has 1 saturated carbocycles. The van der Waals surface area contributed by atoms with Crippen molar-refractivity contribution in [2.75, 3.05) is 24.3 Å². The molecule has 0 radical (unpaired) electrons. The molecule has 0 aliphatic heterocycles. The van der Waals surface area contributed by atoms with E-state index in [1.54, 1.807) is 17.5 Å². The summed E-state index contributed by atoms with van der Waals surface area (Å²) >= 11 is 1.24. The van der Waals surface area contributed by atoms with Crippen molar-refractivity contribution >= 4 is 33.1 Å². The fourth-order valence-corrected chi connectivity index (χ4v) is 5.50. The van der Waals surface area contributed by atoms with E-state index in [9.17, 15) is 8.42 Å². The number of aryl methyl sites for hydroxylation is 1. The maximum atomic E-state index is 12.3. The zero-order valence-corrected chi connectivity index (χ0v) is 16.9. The summed E-state index contributed by atoms with van der Waals surface area (Å²) in [7, 11) is 0.530. The lowest BCUT2D eigenvalue weighted by Crippen LogP contribution is -2.40. The van der Waals surface area contributed by atoms with Gasteiger partial charge in [0.25, 0.3) is 0 Å². The highest BCUT2D eigenvalue weighted by atomic mass is 32.2. The minimum Gasteiger partial charge on any atom is -0.362 e. The Bertz CT molecular complexity index is 829. The summed E-state index contributed by atoms with van der Waals surface area (Å²) < 4.78 is 27.9. The van der Waals surface area contributed by atoms with Gasteiger partial charge in [-0.25, -0.2) is 18.1 Å². The SMILES string of the molecule is Cc1cnc(NC2CCC(NS(=O)(=O)c3cccs3)CC2)nc1N(C)C. The number of rotatable bonds is 6. The summed E-state index contributed by atoms with van der Waals surface area (Å²) in [6, 6.07) is 3.63. The molecule has 2 N–H and O–H groups in total. The normalized spacial score (nSPS) is 20.7. The van der Waals surface area contributed by atoms with Crippen molar-refractivity contribution in [2.45, 2.75) is 48.9 Å². The van der Waals surface area contributed by atoms with Crippen molar-refractivity contribution in [3.05, 3.63) is 29.3 Å². The highest BCUT2D eigenvalue weighted by Crippen LogP contribution is 2.24. The second kappa shape index (κ2) is 7.89. The van der Waals surface area contributed by atoms with Crippen molar-refractivity contribution in [3.63, 3.8) is 0 Å². The topological polar surface area (TPSA) is 87.2 Å². The molecule has 3 rings (SSSR count). The third kappa shape index (κ3) is 4.52. The Morgan fingerprint density at radius 1 is 1.19 bits per heavy atom. The average Bonchev–Trinajstić information content (AvgIpc) is 3.13. The number of nitrogens with zero attached hydrogens (tertiary/aromatic N) is 3. The van der Waals surface area contributed by atoms with Crippen LogP contribution >= 0.6 is 11.3 Å². The number of nitrogens with one attached hydrogen (secondary N) is 2. The highest BCUT2D eigenvalue weighted by Gasteiger charge is 2.26. The van der Waals surface area contributed by atoms with E-state index < -0.39 is 10.0 Å². The molecule has 2 aromatic rings. The van der Waals surface area contributed by atoms with Crippen LogP contribution in [-0.2, 0) is 10.0 Å². The zero-order chi connectivity index (χ0) is 18.7. The van der Waals surface area contributed by atoms with Gasteiger partial charge in [-0.1, -0.05) is 6.07 Å². The van der Waals surface area contributed by atoms with Crippen LogP contribution in [0.1, 0.15) is 31.2 Å². The van der Waals surface area contributed by atoms with Crippen LogP contribution in [0.3, 0.4) is 0 Å². The number of thiophene rings is 1. The van der Waals surface area contributed by atoms with Gasteiger partial charge in [-0.3, -0.25) is 0 Å². The Kier molecular flexibility index (Phi) is 5.79. The van der Waals surface area contributed by atoms with E-state index in [1.165, 1.54) is 11.3 Å². The lowest BCUT2D eigenvalue weighted by molar-refractivity contribution is 0.386. The van der Waals surface area contributed by atoms with Crippen LogP contribution in [0.2, 0.25) is 0 Å². The quantitative estimate of drug-likeness (QED) is 0.782. The van der Waals surface area contributed by atoms with Gasteiger partial charge >= 0.3 is 0 Å². The van der Waals surface area contributed by atoms with Gasteiger partial charge in [-0.2, -0.15) is 4.98 Å². The van der Waals surface area contributed by atoms with Crippen LogP contribution < -0.4 is 14.9 Å². The molecular formula is C17H25N5O2S2. The molecule has 9 heteroatoms. The third-order valence-electron chi connectivity index (χ3n) is 4.51. The third-order valence-corrected chi connectivity index (χ3v) is 7.43. The second-order valence-electron chi connectivity index (χ2n) is 6.84. The van der Waals surface area contributed by atoms with Crippen molar-refractivity contribution in [2.24, 2.45) is 0 Å². The van der Waals surface area contributed by atoms with Gasteiger partial charge in [0.05, 0.1) is 0 Å². The molecule has 1 aliphatic carbocycles. The fourth-order valence-electron chi connectivity index (χ4n) is 3.19. The van der Waals surface area contributed by atoms with Gasteiger partial charge in [-0.15, -0.1) is 11.3 Å². The Morgan fingerprint density at radius 2 is 1.88 bits per heavy atom. The predicted octanol–water partition coefficient (Wildman–Crippen LogP) is 2.61. The summed E-state index contributed by atoms with van der Waals surface area (Å²) in [5.74, 6) is 1.53. The molecule has 142 valence electrons. The van der Waals surface area contributed by atoms with Crippen molar-refractivity contribution < 1.29 is 8.42 Å². The van der Waals surface area contributed by atoms with Crippen molar-refractivity contribution in [3.8, 4) is 0 Å². The highest BCUT2D eigenvalue weighted by molar-refractivity contribution is 7.91. The molecular weight excluding hydrogens is 370 g/mol. The molecule has 2 heterocycles.